The summed E-state index contributed by atoms with van der Waals surface area (Å²) in [5, 5.41) is 8.52. The molecular formula is C24H31N7O6. The molecule has 1 saturated heterocycles. The van der Waals surface area contributed by atoms with Gasteiger partial charge < -0.3 is 19.9 Å². The second-order valence-electron chi connectivity index (χ2n) is 9.85. The molecule has 1 aromatic rings. The van der Waals surface area contributed by atoms with Crippen molar-refractivity contribution in [1.82, 2.24) is 15.1 Å². The summed E-state index contributed by atoms with van der Waals surface area (Å²) in [7, 11) is 0. The second kappa shape index (κ2) is 11.7. The van der Waals surface area contributed by atoms with Gasteiger partial charge in [-0.05, 0) is 62.9 Å². The van der Waals surface area contributed by atoms with Gasteiger partial charge >= 0.3 is 6.09 Å². The van der Waals surface area contributed by atoms with Gasteiger partial charge in [-0.2, -0.15) is 0 Å². The van der Waals surface area contributed by atoms with Crippen LogP contribution in [0, 0.1) is 0 Å². The van der Waals surface area contributed by atoms with E-state index in [4.69, 9.17) is 10.3 Å². The van der Waals surface area contributed by atoms with E-state index in [0.717, 1.165) is 0 Å². The number of nitrogens with one attached hydrogen (secondary N) is 2. The number of benzene rings is 1. The van der Waals surface area contributed by atoms with Gasteiger partial charge in [0.05, 0.1) is 0 Å². The minimum Gasteiger partial charge on any atom is -0.444 e. The smallest absolute Gasteiger partial charge is 0.410 e. The van der Waals surface area contributed by atoms with Crippen LogP contribution in [-0.2, 0) is 25.7 Å². The fourth-order valence-corrected chi connectivity index (χ4v) is 4.14. The van der Waals surface area contributed by atoms with Gasteiger partial charge in [0.1, 0.15) is 11.6 Å². The van der Waals surface area contributed by atoms with Crippen LogP contribution in [0.1, 0.15) is 62.4 Å². The summed E-state index contributed by atoms with van der Waals surface area (Å²) in [6, 6.07) is 4.22. The third kappa shape index (κ3) is 7.43. The van der Waals surface area contributed by atoms with Crippen LogP contribution in [0.2, 0.25) is 0 Å². The molecule has 2 heterocycles. The minimum absolute atomic E-state index is 0.0889. The van der Waals surface area contributed by atoms with Crippen LogP contribution in [0.3, 0.4) is 0 Å². The van der Waals surface area contributed by atoms with E-state index in [2.05, 4.69) is 20.7 Å². The molecule has 1 aromatic carbocycles. The lowest BCUT2D eigenvalue weighted by Gasteiger charge is -2.29. The van der Waals surface area contributed by atoms with E-state index < -0.39 is 23.6 Å². The maximum Gasteiger partial charge on any atom is 0.410 e. The average Bonchev–Trinajstić information content (AvgIpc) is 3.12. The highest BCUT2D eigenvalue weighted by molar-refractivity contribution is 6.05. The van der Waals surface area contributed by atoms with Crippen molar-refractivity contribution in [3.05, 3.63) is 39.8 Å². The molecular weight excluding hydrogens is 482 g/mol. The number of fused-ring (bicyclic) bond motifs is 1. The number of carbonyl (C=O) groups excluding carboxylic acids is 5. The molecule has 1 atom stereocenters. The van der Waals surface area contributed by atoms with E-state index in [0.29, 0.717) is 23.2 Å². The third-order valence-electron chi connectivity index (χ3n) is 5.82. The first kappa shape index (κ1) is 27.5. The van der Waals surface area contributed by atoms with Crippen LogP contribution in [0.4, 0.5) is 10.5 Å². The summed E-state index contributed by atoms with van der Waals surface area (Å²) >= 11 is 0. The molecule has 13 heteroatoms. The predicted octanol–water partition coefficient (Wildman–Crippen LogP) is 2.71. The number of hydrogen-bond acceptors (Lipinski definition) is 7. The van der Waals surface area contributed by atoms with Gasteiger partial charge in [-0.25, -0.2) is 4.79 Å². The van der Waals surface area contributed by atoms with Crippen molar-refractivity contribution in [3.8, 4) is 0 Å². The molecule has 5 amide bonds. The monoisotopic (exact) mass is 513 g/mol. The second-order valence-corrected chi connectivity index (χ2v) is 9.85. The number of nitrogens with zero attached hydrogens (tertiary/aromatic N) is 5. The van der Waals surface area contributed by atoms with Crippen LogP contribution < -0.4 is 10.6 Å². The van der Waals surface area contributed by atoms with E-state index in [1.807, 2.05) is 0 Å². The van der Waals surface area contributed by atoms with E-state index in [1.54, 1.807) is 39.0 Å². The summed E-state index contributed by atoms with van der Waals surface area (Å²) in [6.07, 6.45) is 0.379. The zero-order valence-electron chi connectivity index (χ0n) is 21.2. The number of rotatable bonds is 9. The summed E-state index contributed by atoms with van der Waals surface area (Å²) < 4.78 is 5.38. The Labute approximate surface area is 214 Å². The molecule has 3 rings (SSSR count). The molecule has 0 aliphatic carbocycles. The largest absolute Gasteiger partial charge is 0.444 e. The Morgan fingerprint density at radius 3 is 2.70 bits per heavy atom. The maximum atomic E-state index is 12.8. The molecule has 2 aliphatic rings. The molecule has 0 spiro atoms. The van der Waals surface area contributed by atoms with Gasteiger partial charge in [0.25, 0.3) is 5.91 Å². The fourth-order valence-electron chi connectivity index (χ4n) is 4.14. The third-order valence-corrected chi connectivity index (χ3v) is 5.82. The van der Waals surface area contributed by atoms with Crippen molar-refractivity contribution in [2.24, 2.45) is 5.11 Å². The van der Waals surface area contributed by atoms with Gasteiger partial charge in [-0.3, -0.25) is 24.5 Å². The normalized spacial score (nSPS) is 17.0. The molecule has 2 aliphatic heterocycles. The zero-order chi connectivity index (χ0) is 27.2. The molecule has 1 fully saturated rings. The van der Waals surface area contributed by atoms with Crippen molar-refractivity contribution < 1.29 is 28.7 Å². The molecule has 1 unspecified atom stereocenters. The molecule has 0 saturated carbocycles. The predicted molar refractivity (Wildman–Crippen MR) is 132 cm³/mol. The van der Waals surface area contributed by atoms with E-state index >= 15 is 0 Å². The lowest BCUT2D eigenvalue weighted by Crippen LogP contribution is -2.52. The topological polar surface area (TPSA) is 174 Å². The van der Waals surface area contributed by atoms with Crippen molar-refractivity contribution in [2.75, 3.05) is 25.0 Å². The number of piperidine rings is 1. The van der Waals surface area contributed by atoms with Crippen LogP contribution in [0.25, 0.3) is 10.4 Å². The van der Waals surface area contributed by atoms with Gasteiger partial charge in [0, 0.05) is 55.2 Å². The van der Waals surface area contributed by atoms with Crippen LogP contribution in [0.15, 0.2) is 23.3 Å². The summed E-state index contributed by atoms with van der Waals surface area (Å²) in [6.45, 7) is 5.95. The number of hydrogen-bond donors (Lipinski definition) is 2. The van der Waals surface area contributed by atoms with Gasteiger partial charge in [0.2, 0.25) is 17.7 Å². The highest BCUT2D eigenvalue weighted by Gasteiger charge is 2.39. The van der Waals surface area contributed by atoms with Crippen LogP contribution in [-0.4, -0.2) is 70.8 Å². The standard InChI is InChI=1S/C24H31N7O6/c1-24(2,3)37-23(36)30(12-10-26-29-25)11-4-5-19(32)27-16-6-7-17-15(13-16)14-31(22(17)35)18-8-9-20(33)28-21(18)34/h6-7,13,18H,4-5,8-12,14H2,1-3H3,(H,27,32)(H,28,33,34). The Balaban J connectivity index is 1.54. The number of anilines is 1. The number of carbonyl (C=O) groups is 5. The molecule has 13 nitrogen and oxygen atoms in total. The Bertz CT molecular complexity index is 1140. The first-order valence-corrected chi connectivity index (χ1v) is 12.0. The summed E-state index contributed by atoms with van der Waals surface area (Å²) in [4.78, 5) is 66.9. The molecule has 2 N–H and O–H groups in total. The first-order valence-electron chi connectivity index (χ1n) is 12.0. The fraction of sp³-hybridized carbons (Fsp3) is 0.542. The van der Waals surface area contributed by atoms with E-state index in [1.165, 1.54) is 9.80 Å². The lowest BCUT2D eigenvalue weighted by molar-refractivity contribution is -0.137. The maximum absolute atomic E-state index is 12.8. The number of ether oxygens (including phenoxy) is 1. The zero-order valence-corrected chi connectivity index (χ0v) is 21.2. The SMILES string of the molecule is CC(C)(C)OC(=O)N(CCCC(=O)Nc1ccc2c(c1)CN(C1CCC(=O)NC1=O)C2=O)CCN=[N+]=[N-]. The summed E-state index contributed by atoms with van der Waals surface area (Å²) in [5.41, 5.74) is 9.45. The number of amides is 5. The van der Waals surface area contributed by atoms with Gasteiger partial charge in [0.15, 0.2) is 0 Å². The van der Waals surface area contributed by atoms with Crippen LogP contribution in [0.5, 0.6) is 0 Å². The number of imide groups is 1. The van der Waals surface area contributed by atoms with E-state index in [-0.39, 0.29) is 63.2 Å². The minimum atomic E-state index is -0.706. The summed E-state index contributed by atoms with van der Waals surface area (Å²) in [5.74, 6) is -1.39. The molecule has 37 heavy (non-hydrogen) atoms. The number of azide groups is 1. The van der Waals surface area contributed by atoms with Gasteiger partial charge in [-0.1, -0.05) is 5.11 Å². The van der Waals surface area contributed by atoms with Gasteiger partial charge in [-0.15, -0.1) is 0 Å². The first-order chi connectivity index (χ1) is 17.5. The average molecular weight is 514 g/mol. The molecule has 0 aromatic heterocycles. The molecule has 198 valence electrons. The Morgan fingerprint density at radius 1 is 1.27 bits per heavy atom. The quantitative estimate of drug-likeness (QED) is 0.222. The van der Waals surface area contributed by atoms with Crippen molar-refractivity contribution in [2.45, 2.75) is 64.6 Å². The highest BCUT2D eigenvalue weighted by atomic mass is 16.6. The Hall–Kier alpha value is -4.12. The lowest BCUT2D eigenvalue weighted by atomic mass is 10.0. The van der Waals surface area contributed by atoms with E-state index in [9.17, 15) is 24.0 Å². The van der Waals surface area contributed by atoms with Crippen molar-refractivity contribution in [3.63, 3.8) is 0 Å². The Kier molecular flexibility index (Phi) is 8.72. The molecule has 0 radical (unpaired) electrons. The Morgan fingerprint density at radius 2 is 2.03 bits per heavy atom. The van der Waals surface area contributed by atoms with Crippen molar-refractivity contribution >= 4 is 35.4 Å². The molecule has 0 bridgehead atoms. The van der Waals surface area contributed by atoms with Crippen molar-refractivity contribution in [1.29, 1.82) is 0 Å². The van der Waals surface area contributed by atoms with Crippen LogP contribution >= 0.6 is 0 Å². The highest BCUT2D eigenvalue weighted by Crippen LogP contribution is 2.29.